The first-order valence-electron chi connectivity index (χ1n) is 5.59. The fraction of sp³-hybridized carbons (Fsp3) is 0.154. The minimum atomic E-state index is 0.0114. The summed E-state index contributed by atoms with van der Waals surface area (Å²) in [5.74, 6) is 0.719. The highest BCUT2D eigenvalue weighted by Gasteiger charge is 2.10. The van der Waals surface area contributed by atoms with Gasteiger partial charge in [0.15, 0.2) is 5.16 Å². The van der Waals surface area contributed by atoms with Crippen LogP contribution in [0.25, 0.3) is 0 Å². The van der Waals surface area contributed by atoms with Crippen molar-refractivity contribution < 1.29 is 4.74 Å². The highest BCUT2D eigenvalue weighted by molar-refractivity contribution is 7.99. The van der Waals surface area contributed by atoms with Crippen LogP contribution in [0.2, 0.25) is 0 Å². The van der Waals surface area contributed by atoms with E-state index in [1.165, 1.54) is 11.8 Å². The Hall–Kier alpha value is -2.08. The van der Waals surface area contributed by atoms with Crippen LogP contribution in [0.3, 0.4) is 0 Å². The molecule has 0 aliphatic rings. The number of nitrogen functional groups attached to an aromatic ring is 1. The Bertz CT molecular complexity index is 598. The summed E-state index contributed by atoms with van der Waals surface area (Å²) in [5, 5.41) is 8.20. The summed E-state index contributed by atoms with van der Waals surface area (Å²) in [6.45, 7) is 1.93. The molecule has 0 aliphatic carbocycles. The average Bonchev–Trinajstić information content (AvgIpc) is 2.41. The molecule has 3 N–H and O–H groups in total. The topological polar surface area (TPSA) is 84.9 Å². The number of amidine groups is 1. The second-order valence-corrected chi connectivity index (χ2v) is 4.93. The quantitative estimate of drug-likeness (QED) is 0.507. The van der Waals surface area contributed by atoms with Gasteiger partial charge < -0.3 is 10.5 Å². The number of rotatable bonds is 4. The summed E-state index contributed by atoms with van der Waals surface area (Å²) in [6, 6.07) is 5.36. The second kappa shape index (κ2) is 5.71. The van der Waals surface area contributed by atoms with Gasteiger partial charge in [0.2, 0.25) is 0 Å². The van der Waals surface area contributed by atoms with Crippen LogP contribution in [0, 0.1) is 12.3 Å². The standard InChI is InChI=1S/C13H14N4OS/c1-8-6-16-13(17-7-8)19-11-5-9(18-2)3-4-10(11)12(14)15/h3-7H,1-2H3,(H3,14,15). The molecule has 0 aliphatic heterocycles. The number of hydrogen-bond donors (Lipinski definition) is 2. The van der Waals surface area contributed by atoms with Gasteiger partial charge in [0.1, 0.15) is 11.6 Å². The van der Waals surface area contributed by atoms with Gasteiger partial charge >= 0.3 is 0 Å². The number of nitrogens with one attached hydrogen (secondary N) is 1. The molecule has 0 radical (unpaired) electrons. The highest BCUT2D eigenvalue weighted by Crippen LogP contribution is 2.30. The van der Waals surface area contributed by atoms with Crippen molar-refractivity contribution in [2.75, 3.05) is 7.11 Å². The van der Waals surface area contributed by atoms with E-state index in [-0.39, 0.29) is 5.84 Å². The summed E-state index contributed by atoms with van der Waals surface area (Å²) in [7, 11) is 1.60. The molecule has 0 fully saturated rings. The molecule has 1 aromatic carbocycles. The van der Waals surface area contributed by atoms with E-state index >= 15 is 0 Å². The molecule has 5 nitrogen and oxygen atoms in total. The Morgan fingerprint density at radius 3 is 2.58 bits per heavy atom. The molecule has 19 heavy (non-hydrogen) atoms. The molecule has 0 saturated carbocycles. The molecule has 0 bridgehead atoms. The lowest BCUT2D eigenvalue weighted by molar-refractivity contribution is 0.413. The number of hydrogen-bond acceptors (Lipinski definition) is 5. The first-order valence-corrected chi connectivity index (χ1v) is 6.40. The van der Waals surface area contributed by atoms with E-state index in [4.69, 9.17) is 15.9 Å². The molecular weight excluding hydrogens is 260 g/mol. The van der Waals surface area contributed by atoms with E-state index in [2.05, 4.69) is 9.97 Å². The molecule has 0 amide bonds. The van der Waals surface area contributed by atoms with Crippen molar-refractivity contribution in [3.05, 3.63) is 41.7 Å². The normalized spacial score (nSPS) is 10.2. The summed E-state index contributed by atoms with van der Waals surface area (Å²) < 4.78 is 5.18. The number of nitrogens with zero attached hydrogens (tertiary/aromatic N) is 2. The number of methoxy groups -OCH3 is 1. The van der Waals surface area contributed by atoms with Gasteiger partial charge in [-0.15, -0.1) is 0 Å². The minimum Gasteiger partial charge on any atom is -0.497 e. The predicted octanol–water partition coefficient (Wildman–Crippen LogP) is 2.23. The fourth-order valence-electron chi connectivity index (χ4n) is 1.47. The second-order valence-electron chi connectivity index (χ2n) is 3.92. The molecule has 0 unspecified atom stereocenters. The third-order valence-corrected chi connectivity index (χ3v) is 3.39. The van der Waals surface area contributed by atoms with Crippen molar-refractivity contribution in [2.24, 2.45) is 5.73 Å². The lowest BCUT2D eigenvalue weighted by Gasteiger charge is -2.09. The van der Waals surface area contributed by atoms with Crippen molar-refractivity contribution in [2.45, 2.75) is 17.0 Å². The number of aromatic nitrogens is 2. The Labute approximate surface area is 115 Å². The molecule has 6 heteroatoms. The maximum Gasteiger partial charge on any atom is 0.192 e. The maximum atomic E-state index is 7.59. The van der Waals surface area contributed by atoms with Crippen molar-refractivity contribution in [3.8, 4) is 5.75 Å². The van der Waals surface area contributed by atoms with Crippen molar-refractivity contribution in [1.29, 1.82) is 5.41 Å². The summed E-state index contributed by atoms with van der Waals surface area (Å²) in [6.07, 6.45) is 3.51. The Morgan fingerprint density at radius 1 is 1.32 bits per heavy atom. The van der Waals surface area contributed by atoms with Crippen LogP contribution < -0.4 is 10.5 Å². The Kier molecular flexibility index (Phi) is 4.01. The van der Waals surface area contributed by atoms with Gasteiger partial charge in [0, 0.05) is 22.9 Å². The van der Waals surface area contributed by atoms with Crippen molar-refractivity contribution in [3.63, 3.8) is 0 Å². The number of aryl methyl sites for hydroxylation is 1. The van der Waals surface area contributed by atoms with Crippen LogP contribution >= 0.6 is 11.8 Å². The van der Waals surface area contributed by atoms with Crippen LogP contribution in [0.1, 0.15) is 11.1 Å². The van der Waals surface area contributed by atoms with Gasteiger partial charge in [-0.3, -0.25) is 5.41 Å². The Balaban J connectivity index is 2.36. The predicted molar refractivity (Wildman–Crippen MR) is 74.9 cm³/mol. The van der Waals surface area contributed by atoms with Gasteiger partial charge in [-0.1, -0.05) is 0 Å². The SMILES string of the molecule is COc1ccc(C(=N)N)c(Sc2ncc(C)cn2)c1. The lowest BCUT2D eigenvalue weighted by Crippen LogP contribution is -2.12. The highest BCUT2D eigenvalue weighted by atomic mass is 32.2. The molecule has 1 aromatic heterocycles. The molecule has 2 rings (SSSR count). The van der Waals surface area contributed by atoms with Crippen molar-refractivity contribution >= 4 is 17.6 Å². The summed E-state index contributed by atoms with van der Waals surface area (Å²) in [5.41, 5.74) is 7.22. The van der Waals surface area contributed by atoms with E-state index in [9.17, 15) is 0 Å². The number of ether oxygens (including phenoxy) is 1. The van der Waals surface area contributed by atoms with Crippen molar-refractivity contribution in [1.82, 2.24) is 9.97 Å². The van der Waals surface area contributed by atoms with Crippen LogP contribution in [0.4, 0.5) is 0 Å². The molecule has 1 heterocycles. The molecule has 0 atom stereocenters. The van der Waals surface area contributed by atoms with Gasteiger partial charge in [-0.05, 0) is 42.4 Å². The monoisotopic (exact) mass is 274 g/mol. The molecule has 0 spiro atoms. The van der Waals surface area contributed by atoms with E-state index in [0.29, 0.717) is 16.5 Å². The average molecular weight is 274 g/mol. The van der Waals surface area contributed by atoms with E-state index < -0.39 is 0 Å². The fourth-order valence-corrected chi connectivity index (χ4v) is 2.34. The molecule has 0 saturated heterocycles. The molecular formula is C13H14N4OS. The molecule has 2 aromatic rings. The van der Waals surface area contributed by atoms with Gasteiger partial charge in [-0.25, -0.2) is 9.97 Å². The van der Waals surface area contributed by atoms with Crippen LogP contribution in [0.5, 0.6) is 5.75 Å². The van der Waals surface area contributed by atoms with E-state index in [1.54, 1.807) is 31.6 Å². The first-order chi connectivity index (χ1) is 9.10. The minimum absolute atomic E-state index is 0.0114. The zero-order chi connectivity index (χ0) is 13.8. The van der Waals surface area contributed by atoms with Crippen LogP contribution in [0.15, 0.2) is 40.6 Å². The van der Waals surface area contributed by atoms with Gasteiger partial charge in [0.05, 0.1) is 7.11 Å². The summed E-state index contributed by atoms with van der Waals surface area (Å²) in [4.78, 5) is 9.26. The molecule has 98 valence electrons. The van der Waals surface area contributed by atoms with Crippen LogP contribution in [-0.4, -0.2) is 22.9 Å². The zero-order valence-electron chi connectivity index (χ0n) is 10.7. The first kappa shape index (κ1) is 13.4. The number of benzene rings is 1. The number of nitrogens with two attached hydrogens (primary N) is 1. The third kappa shape index (κ3) is 3.23. The largest absolute Gasteiger partial charge is 0.497 e. The van der Waals surface area contributed by atoms with Gasteiger partial charge in [0.25, 0.3) is 0 Å². The Morgan fingerprint density at radius 2 is 2.00 bits per heavy atom. The van der Waals surface area contributed by atoms with E-state index in [0.717, 1.165) is 10.5 Å². The maximum absolute atomic E-state index is 7.59. The zero-order valence-corrected chi connectivity index (χ0v) is 11.5. The lowest BCUT2D eigenvalue weighted by atomic mass is 10.2. The summed E-state index contributed by atoms with van der Waals surface area (Å²) >= 11 is 1.36. The third-order valence-electron chi connectivity index (χ3n) is 2.44. The smallest absolute Gasteiger partial charge is 0.192 e. The van der Waals surface area contributed by atoms with Gasteiger partial charge in [-0.2, -0.15) is 0 Å². The van der Waals surface area contributed by atoms with E-state index in [1.807, 2.05) is 13.0 Å². The van der Waals surface area contributed by atoms with Crippen LogP contribution in [-0.2, 0) is 0 Å².